The van der Waals surface area contributed by atoms with E-state index in [1.165, 1.54) is 18.2 Å². The van der Waals surface area contributed by atoms with Crippen molar-refractivity contribution in [1.29, 1.82) is 0 Å². The monoisotopic (exact) mass is 278 g/mol. The number of anilines is 1. The van der Waals surface area contributed by atoms with E-state index in [0.29, 0.717) is 5.92 Å². The number of hydrogen-bond donors (Lipinski definition) is 1. The van der Waals surface area contributed by atoms with Gasteiger partial charge >= 0.3 is 5.97 Å². The number of rotatable bonds is 3. The Labute approximate surface area is 117 Å². The number of benzene rings is 1. The van der Waals surface area contributed by atoms with Gasteiger partial charge in [-0.3, -0.25) is 10.1 Å². The summed E-state index contributed by atoms with van der Waals surface area (Å²) in [7, 11) is 0. The first-order valence-electron chi connectivity index (χ1n) is 6.74. The normalized spacial score (nSPS) is 22.2. The summed E-state index contributed by atoms with van der Waals surface area (Å²) in [5.74, 6) is -0.164. The molecule has 1 aliphatic rings. The van der Waals surface area contributed by atoms with E-state index in [9.17, 15) is 14.9 Å². The minimum absolute atomic E-state index is 0.0765. The molecular weight excluding hydrogens is 260 g/mol. The molecule has 0 heterocycles. The molecule has 2 N–H and O–H groups in total. The topological polar surface area (TPSA) is 95.5 Å². The smallest absolute Gasteiger partial charge is 0.340 e. The van der Waals surface area contributed by atoms with E-state index in [2.05, 4.69) is 6.92 Å². The summed E-state index contributed by atoms with van der Waals surface area (Å²) in [6.07, 6.45) is 4.03. The quantitative estimate of drug-likeness (QED) is 0.397. The average molecular weight is 278 g/mol. The van der Waals surface area contributed by atoms with Crippen molar-refractivity contribution in [3.05, 3.63) is 33.9 Å². The largest absolute Gasteiger partial charge is 0.458 e. The van der Waals surface area contributed by atoms with Gasteiger partial charge in [-0.25, -0.2) is 4.79 Å². The fourth-order valence-electron chi connectivity index (χ4n) is 2.51. The van der Waals surface area contributed by atoms with Crippen LogP contribution < -0.4 is 5.73 Å². The molecule has 0 bridgehead atoms. The highest BCUT2D eigenvalue weighted by Gasteiger charge is 2.26. The molecule has 2 atom stereocenters. The van der Waals surface area contributed by atoms with Gasteiger partial charge in [-0.05, 0) is 31.2 Å². The van der Waals surface area contributed by atoms with Crippen molar-refractivity contribution in [2.45, 2.75) is 38.7 Å². The van der Waals surface area contributed by atoms with Crippen LogP contribution in [0.25, 0.3) is 0 Å². The number of esters is 1. The van der Waals surface area contributed by atoms with E-state index < -0.39 is 10.9 Å². The van der Waals surface area contributed by atoms with Crippen LogP contribution in [0.1, 0.15) is 43.0 Å². The number of nitrogens with two attached hydrogens (primary N) is 1. The SMILES string of the molecule is CC1CCCCC1OC(=O)c1ccc([N+](=O)[O-])cc1N. The molecule has 1 saturated carbocycles. The Hall–Kier alpha value is -2.11. The Bertz CT molecular complexity index is 530. The van der Waals surface area contributed by atoms with Gasteiger partial charge in [0, 0.05) is 12.1 Å². The fraction of sp³-hybridized carbons (Fsp3) is 0.500. The maximum atomic E-state index is 12.1. The minimum atomic E-state index is -0.547. The predicted molar refractivity (Wildman–Crippen MR) is 74.3 cm³/mol. The molecule has 108 valence electrons. The van der Waals surface area contributed by atoms with E-state index >= 15 is 0 Å². The molecule has 1 fully saturated rings. The van der Waals surface area contributed by atoms with Crippen LogP contribution in [-0.2, 0) is 4.74 Å². The van der Waals surface area contributed by atoms with Gasteiger partial charge in [-0.1, -0.05) is 13.3 Å². The molecule has 0 radical (unpaired) electrons. The number of carbonyl (C=O) groups is 1. The van der Waals surface area contributed by atoms with Gasteiger partial charge in [0.25, 0.3) is 5.69 Å². The second-order valence-corrected chi connectivity index (χ2v) is 5.23. The first-order valence-corrected chi connectivity index (χ1v) is 6.74. The summed E-state index contributed by atoms with van der Waals surface area (Å²) in [5.41, 5.74) is 5.83. The Balaban J connectivity index is 2.11. The van der Waals surface area contributed by atoms with Gasteiger partial charge in [-0.15, -0.1) is 0 Å². The van der Waals surface area contributed by atoms with Crippen molar-refractivity contribution in [2.75, 3.05) is 5.73 Å². The standard InChI is InChI=1S/C14H18N2O4/c1-9-4-2-3-5-13(9)20-14(17)11-7-6-10(16(18)19)8-12(11)15/h6-9,13H,2-5,15H2,1H3. The molecular formula is C14H18N2O4. The Kier molecular flexibility index (Phi) is 4.22. The number of nitrogens with zero attached hydrogens (tertiary/aromatic N) is 1. The first kappa shape index (κ1) is 14.3. The second-order valence-electron chi connectivity index (χ2n) is 5.23. The minimum Gasteiger partial charge on any atom is -0.458 e. The summed E-state index contributed by atoms with van der Waals surface area (Å²) in [5, 5.41) is 10.6. The Morgan fingerprint density at radius 1 is 1.40 bits per heavy atom. The van der Waals surface area contributed by atoms with Gasteiger partial charge in [-0.2, -0.15) is 0 Å². The van der Waals surface area contributed by atoms with E-state index in [-0.39, 0.29) is 23.0 Å². The first-order chi connectivity index (χ1) is 9.49. The van der Waals surface area contributed by atoms with Crippen LogP contribution >= 0.6 is 0 Å². The maximum Gasteiger partial charge on any atom is 0.340 e. The zero-order valence-electron chi connectivity index (χ0n) is 11.4. The van der Waals surface area contributed by atoms with E-state index in [1.807, 2.05) is 0 Å². The Morgan fingerprint density at radius 2 is 2.10 bits per heavy atom. The molecule has 6 nitrogen and oxygen atoms in total. The van der Waals surface area contributed by atoms with Crippen LogP contribution in [0.15, 0.2) is 18.2 Å². The van der Waals surface area contributed by atoms with Gasteiger partial charge in [0.05, 0.1) is 16.2 Å². The number of non-ortho nitro benzene ring substituents is 1. The van der Waals surface area contributed by atoms with Crippen molar-refractivity contribution in [1.82, 2.24) is 0 Å². The lowest BCUT2D eigenvalue weighted by Gasteiger charge is -2.28. The third kappa shape index (κ3) is 3.07. The molecule has 0 aromatic heterocycles. The van der Waals surface area contributed by atoms with Gasteiger partial charge in [0.2, 0.25) is 0 Å². The predicted octanol–water partition coefficient (Wildman–Crippen LogP) is 2.91. The highest BCUT2D eigenvalue weighted by Crippen LogP contribution is 2.28. The molecule has 6 heteroatoms. The molecule has 1 aliphatic carbocycles. The van der Waals surface area contributed by atoms with Crippen LogP contribution in [0.3, 0.4) is 0 Å². The second kappa shape index (κ2) is 5.90. The Morgan fingerprint density at radius 3 is 2.70 bits per heavy atom. The zero-order chi connectivity index (χ0) is 14.7. The molecule has 1 aromatic rings. The molecule has 20 heavy (non-hydrogen) atoms. The van der Waals surface area contributed by atoms with Crippen LogP contribution in [0.2, 0.25) is 0 Å². The fourth-order valence-corrected chi connectivity index (χ4v) is 2.51. The van der Waals surface area contributed by atoms with E-state index in [0.717, 1.165) is 25.7 Å². The lowest BCUT2D eigenvalue weighted by molar-refractivity contribution is -0.384. The molecule has 0 amide bonds. The summed E-state index contributed by atoms with van der Waals surface area (Å²) >= 11 is 0. The lowest BCUT2D eigenvalue weighted by atomic mass is 9.88. The number of nitro groups is 1. The van der Waals surface area contributed by atoms with Crippen molar-refractivity contribution >= 4 is 17.3 Å². The van der Waals surface area contributed by atoms with E-state index in [1.54, 1.807) is 0 Å². The van der Waals surface area contributed by atoms with Crippen LogP contribution in [0.5, 0.6) is 0 Å². The third-order valence-electron chi connectivity index (χ3n) is 3.76. The highest BCUT2D eigenvalue weighted by molar-refractivity contribution is 5.95. The molecule has 1 aromatic carbocycles. The number of nitro benzene ring substituents is 1. The van der Waals surface area contributed by atoms with Gasteiger partial charge in [0.15, 0.2) is 0 Å². The number of carbonyl (C=O) groups excluding carboxylic acids is 1. The number of nitrogen functional groups attached to an aromatic ring is 1. The van der Waals surface area contributed by atoms with Crippen molar-refractivity contribution in [3.63, 3.8) is 0 Å². The van der Waals surface area contributed by atoms with Crippen molar-refractivity contribution in [3.8, 4) is 0 Å². The molecule has 0 saturated heterocycles. The summed E-state index contributed by atoms with van der Waals surface area (Å²) < 4.78 is 5.48. The maximum absolute atomic E-state index is 12.1. The van der Waals surface area contributed by atoms with Crippen LogP contribution in [0.4, 0.5) is 11.4 Å². The summed E-state index contributed by atoms with van der Waals surface area (Å²) in [6, 6.07) is 3.79. The van der Waals surface area contributed by atoms with E-state index in [4.69, 9.17) is 10.5 Å². The van der Waals surface area contributed by atoms with Crippen molar-refractivity contribution < 1.29 is 14.5 Å². The van der Waals surface area contributed by atoms with Gasteiger partial charge in [0.1, 0.15) is 6.10 Å². The average Bonchev–Trinajstić information content (AvgIpc) is 2.41. The highest BCUT2D eigenvalue weighted by atomic mass is 16.6. The van der Waals surface area contributed by atoms with Crippen LogP contribution in [0, 0.1) is 16.0 Å². The number of hydrogen-bond acceptors (Lipinski definition) is 5. The van der Waals surface area contributed by atoms with Crippen molar-refractivity contribution in [2.24, 2.45) is 5.92 Å². The molecule has 0 spiro atoms. The lowest BCUT2D eigenvalue weighted by Crippen LogP contribution is -2.28. The summed E-state index contributed by atoms with van der Waals surface area (Å²) in [6.45, 7) is 2.07. The number of ether oxygens (including phenoxy) is 1. The zero-order valence-corrected chi connectivity index (χ0v) is 11.4. The van der Waals surface area contributed by atoms with Gasteiger partial charge < -0.3 is 10.5 Å². The van der Waals surface area contributed by atoms with Crippen LogP contribution in [-0.4, -0.2) is 17.0 Å². The summed E-state index contributed by atoms with van der Waals surface area (Å²) in [4.78, 5) is 22.2. The molecule has 2 rings (SSSR count). The molecule has 0 aliphatic heterocycles. The third-order valence-corrected chi connectivity index (χ3v) is 3.76. The molecule has 2 unspecified atom stereocenters.